The summed E-state index contributed by atoms with van der Waals surface area (Å²) in [6.45, 7) is 0. The number of anilines is 2. The number of ether oxygens (including phenoxy) is 1. The zero-order valence-electron chi connectivity index (χ0n) is 12.3. The molecule has 5 nitrogen and oxygen atoms in total. The standard InChI is InChI=1S/C17H15ClN4O/c18-10-6-4-9-5-7-13(11(9)8-10)23-14-3-1-2-12-15(14)16(19)22-17(20)21-12/h1-4,6,8,13H,5,7H2,(H4,19,20,21,22)/t13-/m0/s1. The Bertz CT molecular complexity index is 912. The van der Waals surface area contributed by atoms with Crippen molar-refractivity contribution in [3.8, 4) is 5.75 Å². The third kappa shape index (κ3) is 2.43. The lowest BCUT2D eigenvalue weighted by atomic mass is 10.1. The van der Waals surface area contributed by atoms with E-state index in [-0.39, 0.29) is 12.1 Å². The quantitative estimate of drug-likeness (QED) is 0.752. The summed E-state index contributed by atoms with van der Waals surface area (Å²) in [7, 11) is 0. The van der Waals surface area contributed by atoms with Crippen molar-refractivity contribution in [2.24, 2.45) is 0 Å². The minimum atomic E-state index is -0.0498. The van der Waals surface area contributed by atoms with Gasteiger partial charge in [0, 0.05) is 5.02 Å². The molecule has 0 unspecified atom stereocenters. The van der Waals surface area contributed by atoms with Crippen LogP contribution in [0.3, 0.4) is 0 Å². The van der Waals surface area contributed by atoms with Gasteiger partial charge < -0.3 is 16.2 Å². The summed E-state index contributed by atoms with van der Waals surface area (Å²) < 4.78 is 6.23. The van der Waals surface area contributed by atoms with Crippen molar-refractivity contribution in [2.75, 3.05) is 11.5 Å². The van der Waals surface area contributed by atoms with Gasteiger partial charge in [-0.1, -0.05) is 23.7 Å². The number of nitrogens with two attached hydrogens (primary N) is 2. The van der Waals surface area contributed by atoms with Gasteiger partial charge in [0.2, 0.25) is 5.95 Å². The van der Waals surface area contributed by atoms with Crippen LogP contribution in [0, 0.1) is 0 Å². The van der Waals surface area contributed by atoms with Crippen LogP contribution in [0.25, 0.3) is 10.9 Å². The molecule has 4 N–H and O–H groups in total. The van der Waals surface area contributed by atoms with Crippen LogP contribution in [0.1, 0.15) is 23.7 Å². The first kappa shape index (κ1) is 14.1. The molecule has 23 heavy (non-hydrogen) atoms. The Labute approximate surface area is 138 Å². The highest BCUT2D eigenvalue weighted by atomic mass is 35.5. The molecule has 0 saturated heterocycles. The van der Waals surface area contributed by atoms with E-state index in [1.165, 1.54) is 5.56 Å². The normalized spacial score (nSPS) is 16.5. The average Bonchev–Trinajstić information content (AvgIpc) is 2.89. The smallest absolute Gasteiger partial charge is 0.222 e. The molecule has 4 rings (SSSR count). The molecule has 0 aliphatic heterocycles. The molecule has 0 amide bonds. The van der Waals surface area contributed by atoms with Crippen LogP contribution >= 0.6 is 11.6 Å². The summed E-state index contributed by atoms with van der Waals surface area (Å²) in [5.74, 6) is 1.15. The number of hydrogen-bond acceptors (Lipinski definition) is 5. The lowest BCUT2D eigenvalue weighted by Crippen LogP contribution is -2.06. The maximum atomic E-state index is 6.23. The number of aromatic nitrogens is 2. The summed E-state index contributed by atoms with van der Waals surface area (Å²) in [5.41, 5.74) is 14.8. The highest BCUT2D eigenvalue weighted by Gasteiger charge is 2.25. The fraction of sp³-hybridized carbons (Fsp3) is 0.176. The Kier molecular flexibility index (Phi) is 3.23. The largest absolute Gasteiger partial charge is 0.485 e. The van der Waals surface area contributed by atoms with Crippen molar-refractivity contribution < 1.29 is 4.74 Å². The number of hydrogen-bond donors (Lipinski definition) is 2. The van der Waals surface area contributed by atoms with Crippen molar-refractivity contribution >= 4 is 34.3 Å². The van der Waals surface area contributed by atoms with Gasteiger partial charge in [0.15, 0.2) is 0 Å². The van der Waals surface area contributed by atoms with E-state index in [1.54, 1.807) is 0 Å². The maximum Gasteiger partial charge on any atom is 0.222 e. The van der Waals surface area contributed by atoms with E-state index in [0.717, 1.165) is 18.4 Å². The van der Waals surface area contributed by atoms with Crippen molar-refractivity contribution in [1.29, 1.82) is 0 Å². The second-order valence-electron chi connectivity index (χ2n) is 5.61. The molecule has 0 spiro atoms. The molecule has 3 aromatic rings. The molecular formula is C17H15ClN4O. The number of nitrogens with zero attached hydrogens (tertiary/aromatic N) is 2. The molecule has 1 aliphatic rings. The van der Waals surface area contributed by atoms with E-state index in [0.29, 0.717) is 27.5 Å². The first-order valence-electron chi connectivity index (χ1n) is 7.38. The topological polar surface area (TPSA) is 87.0 Å². The van der Waals surface area contributed by atoms with Gasteiger partial charge in [0.05, 0.1) is 10.9 Å². The Balaban J connectivity index is 1.77. The van der Waals surface area contributed by atoms with Gasteiger partial charge in [-0.25, -0.2) is 4.98 Å². The van der Waals surface area contributed by atoms with E-state index in [2.05, 4.69) is 16.0 Å². The average molecular weight is 327 g/mol. The molecule has 0 saturated carbocycles. The van der Waals surface area contributed by atoms with E-state index in [4.69, 9.17) is 27.8 Å². The Morgan fingerprint density at radius 3 is 2.87 bits per heavy atom. The third-order valence-corrected chi connectivity index (χ3v) is 4.37. The molecule has 0 radical (unpaired) electrons. The molecule has 116 valence electrons. The van der Waals surface area contributed by atoms with Crippen molar-refractivity contribution in [3.05, 3.63) is 52.5 Å². The monoisotopic (exact) mass is 326 g/mol. The fourth-order valence-electron chi connectivity index (χ4n) is 3.11. The Hall–Kier alpha value is -2.53. The molecule has 6 heteroatoms. The fourth-order valence-corrected chi connectivity index (χ4v) is 3.29. The molecule has 1 aromatic heterocycles. The van der Waals surface area contributed by atoms with E-state index < -0.39 is 0 Å². The molecule has 0 fully saturated rings. The number of nitrogen functional groups attached to an aromatic ring is 2. The third-order valence-electron chi connectivity index (χ3n) is 4.13. The molecule has 0 bridgehead atoms. The van der Waals surface area contributed by atoms with Gasteiger partial charge in [0.25, 0.3) is 0 Å². The van der Waals surface area contributed by atoms with Crippen molar-refractivity contribution in [2.45, 2.75) is 18.9 Å². The van der Waals surface area contributed by atoms with Gasteiger partial charge in [-0.2, -0.15) is 4.98 Å². The van der Waals surface area contributed by atoms with Crippen LogP contribution in [0.2, 0.25) is 5.02 Å². The number of aryl methyl sites for hydroxylation is 1. The second-order valence-corrected chi connectivity index (χ2v) is 6.04. The summed E-state index contributed by atoms with van der Waals surface area (Å²) in [6.07, 6.45) is 1.83. The SMILES string of the molecule is Nc1nc(N)c2c(O[C@H]3CCc4ccc(Cl)cc43)cccc2n1. The van der Waals surface area contributed by atoms with Gasteiger partial charge in [-0.05, 0) is 48.2 Å². The molecular weight excluding hydrogens is 312 g/mol. The first-order chi connectivity index (χ1) is 11.1. The molecule has 1 aliphatic carbocycles. The zero-order valence-corrected chi connectivity index (χ0v) is 13.0. The van der Waals surface area contributed by atoms with Crippen molar-refractivity contribution in [3.63, 3.8) is 0 Å². The number of rotatable bonds is 2. The molecule has 2 aromatic carbocycles. The summed E-state index contributed by atoms with van der Waals surface area (Å²) in [4.78, 5) is 8.25. The summed E-state index contributed by atoms with van der Waals surface area (Å²) in [5, 5.41) is 1.41. The predicted octanol–water partition coefficient (Wildman–Crippen LogP) is 3.51. The highest BCUT2D eigenvalue weighted by molar-refractivity contribution is 6.30. The van der Waals surface area contributed by atoms with Crippen LogP contribution in [0.5, 0.6) is 5.75 Å². The summed E-state index contributed by atoms with van der Waals surface area (Å²) in [6, 6.07) is 11.5. The zero-order chi connectivity index (χ0) is 16.0. The van der Waals surface area contributed by atoms with Gasteiger partial charge in [0.1, 0.15) is 17.7 Å². The minimum Gasteiger partial charge on any atom is -0.485 e. The molecule has 1 heterocycles. The van der Waals surface area contributed by atoms with E-state index >= 15 is 0 Å². The number of benzene rings is 2. The van der Waals surface area contributed by atoms with Crippen LogP contribution in [0.15, 0.2) is 36.4 Å². The van der Waals surface area contributed by atoms with Crippen LogP contribution < -0.4 is 16.2 Å². The number of fused-ring (bicyclic) bond motifs is 2. The number of halogens is 1. The lowest BCUT2D eigenvalue weighted by Gasteiger charge is -2.17. The molecule has 1 atom stereocenters. The predicted molar refractivity (Wildman–Crippen MR) is 91.5 cm³/mol. The Morgan fingerprint density at radius 2 is 2.00 bits per heavy atom. The van der Waals surface area contributed by atoms with E-state index in [9.17, 15) is 0 Å². The van der Waals surface area contributed by atoms with Gasteiger partial charge in [-0.3, -0.25) is 0 Å². The van der Waals surface area contributed by atoms with Gasteiger partial charge >= 0.3 is 0 Å². The van der Waals surface area contributed by atoms with Crippen LogP contribution in [0.4, 0.5) is 11.8 Å². The second kappa shape index (κ2) is 5.28. The maximum absolute atomic E-state index is 6.23. The van der Waals surface area contributed by atoms with Crippen LogP contribution in [-0.2, 0) is 6.42 Å². The first-order valence-corrected chi connectivity index (χ1v) is 7.76. The van der Waals surface area contributed by atoms with Crippen molar-refractivity contribution in [1.82, 2.24) is 9.97 Å². The van der Waals surface area contributed by atoms with E-state index in [1.807, 2.05) is 30.3 Å². The lowest BCUT2D eigenvalue weighted by molar-refractivity contribution is 0.210. The highest BCUT2D eigenvalue weighted by Crippen LogP contribution is 2.39. The summed E-state index contributed by atoms with van der Waals surface area (Å²) >= 11 is 6.12. The van der Waals surface area contributed by atoms with Gasteiger partial charge in [-0.15, -0.1) is 0 Å². The Morgan fingerprint density at radius 1 is 1.13 bits per heavy atom. The minimum absolute atomic E-state index is 0.0498. The van der Waals surface area contributed by atoms with Crippen LogP contribution in [-0.4, -0.2) is 9.97 Å².